The summed E-state index contributed by atoms with van der Waals surface area (Å²) >= 11 is 0. The molecule has 0 aliphatic heterocycles. The second kappa shape index (κ2) is 5.92. The molecule has 1 rings (SSSR count). The minimum atomic E-state index is -3.28. The molecule has 0 atom stereocenters. The van der Waals surface area contributed by atoms with Crippen molar-refractivity contribution in [2.24, 2.45) is 0 Å². The van der Waals surface area contributed by atoms with Gasteiger partial charge < -0.3 is 16.0 Å². The van der Waals surface area contributed by atoms with Crippen LogP contribution in [-0.2, 0) is 14.6 Å². The molecule has 0 saturated carbocycles. The topological polar surface area (TPSA) is 92.5 Å². The highest BCUT2D eigenvalue weighted by atomic mass is 32.2. The SMILES string of the molecule is CCN(CC(=O)NC)c1ccc(S(C)(=O)=O)cc1N. The smallest absolute Gasteiger partial charge is 0.239 e. The molecule has 0 spiro atoms. The molecule has 19 heavy (non-hydrogen) atoms. The quantitative estimate of drug-likeness (QED) is 0.756. The number of nitrogens with one attached hydrogen (secondary N) is 1. The van der Waals surface area contributed by atoms with Crippen LogP contribution in [0.2, 0.25) is 0 Å². The third kappa shape index (κ3) is 3.85. The number of sulfone groups is 1. The molecule has 3 N–H and O–H groups in total. The Balaban J connectivity index is 3.10. The largest absolute Gasteiger partial charge is 0.397 e. The molecule has 1 amide bonds. The van der Waals surface area contributed by atoms with E-state index in [1.54, 1.807) is 18.0 Å². The van der Waals surface area contributed by atoms with Crippen molar-refractivity contribution in [3.8, 4) is 0 Å². The van der Waals surface area contributed by atoms with Crippen LogP contribution in [0.5, 0.6) is 0 Å². The minimum absolute atomic E-state index is 0.131. The van der Waals surface area contributed by atoms with Crippen molar-refractivity contribution in [2.75, 3.05) is 37.0 Å². The van der Waals surface area contributed by atoms with Crippen LogP contribution in [0, 0.1) is 0 Å². The Morgan fingerprint density at radius 1 is 1.42 bits per heavy atom. The average molecular weight is 285 g/mol. The molecule has 0 saturated heterocycles. The van der Waals surface area contributed by atoms with Crippen LogP contribution in [0.25, 0.3) is 0 Å². The molecule has 1 aromatic carbocycles. The Labute approximate surface area is 113 Å². The summed E-state index contributed by atoms with van der Waals surface area (Å²) < 4.78 is 22.9. The lowest BCUT2D eigenvalue weighted by Crippen LogP contribution is -2.35. The summed E-state index contributed by atoms with van der Waals surface area (Å²) in [5.74, 6) is -0.131. The molecule has 1 aromatic rings. The summed E-state index contributed by atoms with van der Waals surface area (Å²) in [6.07, 6.45) is 1.13. The first-order chi connectivity index (χ1) is 8.79. The fraction of sp³-hybridized carbons (Fsp3) is 0.417. The lowest BCUT2D eigenvalue weighted by atomic mass is 10.2. The van der Waals surface area contributed by atoms with Crippen molar-refractivity contribution in [1.29, 1.82) is 0 Å². The van der Waals surface area contributed by atoms with Crippen LogP contribution in [0.3, 0.4) is 0 Å². The standard InChI is InChI=1S/C12H19N3O3S/c1-4-15(8-12(16)14-2)11-6-5-9(7-10(11)13)19(3,17)18/h5-7H,4,8,13H2,1-3H3,(H,14,16). The first-order valence-corrected chi connectivity index (χ1v) is 7.73. The van der Waals surface area contributed by atoms with Gasteiger partial charge in [0.1, 0.15) is 0 Å². The first kappa shape index (κ1) is 15.3. The van der Waals surface area contributed by atoms with Gasteiger partial charge in [-0.2, -0.15) is 0 Å². The number of rotatable bonds is 5. The van der Waals surface area contributed by atoms with E-state index in [9.17, 15) is 13.2 Å². The van der Waals surface area contributed by atoms with Crippen LogP contribution in [-0.4, -0.2) is 40.7 Å². The van der Waals surface area contributed by atoms with Gasteiger partial charge in [0, 0.05) is 19.8 Å². The zero-order chi connectivity index (χ0) is 14.6. The molecule has 0 fully saturated rings. The Hall–Kier alpha value is -1.76. The molecular formula is C12H19N3O3S. The number of nitrogens with zero attached hydrogens (tertiary/aromatic N) is 1. The van der Waals surface area contributed by atoms with Crippen LogP contribution >= 0.6 is 0 Å². The van der Waals surface area contributed by atoms with Crippen molar-refractivity contribution < 1.29 is 13.2 Å². The van der Waals surface area contributed by atoms with Gasteiger partial charge in [-0.25, -0.2) is 8.42 Å². The van der Waals surface area contributed by atoms with Crippen LogP contribution in [0.1, 0.15) is 6.92 Å². The minimum Gasteiger partial charge on any atom is -0.397 e. The monoisotopic (exact) mass is 285 g/mol. The number of carbonyl (C=O) groups excluding carboxylic acids is 1. The van der Waals surface area contributed by atoms with E-state index in [0.29, 0.717) is 17.9 Å². The number of carbonyl (C=O) groups is 1. The highest BCUT2D eigenvalue weighted by molar-refractivity contribution is 7.90. The summed E-state index contributed by atoms with van der Waals surface area (Å²) in [4.78, 5) is 13.4. The molecule has 7 heteroatoms. The number of anilines is 2. The van der Waals surface area contributed by atoms with Gasteiger partial charge in [0.2, 0.25) is 5.91 Å². The molecule has 106 valence electrons. The molecule has 0 aliphatic rings. The number of nitrogen functional groups attached to an aromatic ring is 1. The zero-order valence-electron chi connectivity index (χ0n) is 11.3. The lowest BCUT2D eigenvalue weighted by molar-refractivity contribution is -0.119. The third-order valence-electron chi connectivity index (χ3n) is 2.76. The molecule has 0 radical (unpaired) electrons. The molecule has 0 bridgehead atoms. The fourth-order valence-electron chi connectivity index (χ4n) is 1.67. The Morgan fingerprint density at radius 3 is 2.47 bits per heavy atom. The van der Waals surface area contributed by atoms with Crippen molar-refractivity contribution in [3.63, 3.8) is 0 Å². The van der Waals surface area contributed by atoms with E-state index in [2.05, 4.69) is 5.32 Å². The van der Waals surface area contributed by atoms with Gasteiger partial charge in [0.15, 0.2) is 9.84 Å². The number of hydrogen-bond acceptors (Lipinski definition) is 5. The molecule has 0 aliphatic carbocycles. The number of hydrogen-bond donors (Lipinski definition) is 2. The van der Waals surface area contributed by atoms with Crippen LogP contribution in [0.15, 0.2) is 23.1 Å². The Morgan fingerprint density at radius 2 is 2.05 bits per heavy atom. The van der Waals surface area contributed by atoms with Gasteiger partial charge in [-0.3, -0.25) is 4.79 Å². The van der Waals surface area contributed by atoms with E-state index in [4.69, 9.17) is 5.73 Å². The number of amides is 1. The second-order valence-electron chi connectivity index (χ2n) is 4.18. The van der Waals surface area contributed by atoms with Crippen molar-refractivity contribution in [2.45, 2.75) is 11.8 Å². The summed E-state index contributed by atoms with van der Waals surface area (Å²) in [5, 5.41) is 2.54. The van der Waals surface area contributed by atoms with E-state index in [0.717, 1.165) is 6.26 Å². The van der Waals surface area contributed by atoms with Gasteiger partial charge in [0.05, 0.1) is 22.8 Å². The van der Waals surface area contributed by atoms with E-state index < -0.39 is 9.84 Å². The summed E-state index contributed by atoms with van der Waals surface area (Å²) in [6, 6.07) is 4.53. The van der Waals surface area contributed by atoms with Crippen LogP contribution < -0.4 is 16.0 Å². The highest BCUT2D eigenvalue weighted by Crippen LogP contribution is 2.26. The van der Waals surface area contributed by atoms with Gasteiger partial charge in [-0.15, -0.1) is 0 Å². The first-order valence-electron chi connectivity index (χ1n) is 5.84. The van der Waals surface area contributed by atoms with Gasteiger partial charge in [0.25, 0.3) is 0 Å². The van der Waals surface area contributed by atoms with Gasteiger partial charge >= 0.3 is 0 Å². The maximum Gasteiger partial charge on any atom is 0.239 e. The molecule has 0 heterocycles. The second-order valence-corrected chi connectivity index (χ2v) is 6.20. The average Bonchev–Trinajstić information content (AvgIpc) is 2.34. The number of nitrogens with two attached hydrogens (primary N) is 1. The van der Waals surface area contributed by atoms with Gasteiger partial charge in [-0.05, 0) is 25.1 Å². The van der Waals surface area contributed by atoms with E-state index in [1.807, 2.05) is 6.92 Å². The molecule has 6 nitrogen and oxygen atoms in total. The third-order valence-corrected chi connectivity index (χ3v) is 3.87. The molecule has 0 unspecified atom stereocenters. The van der Waals surface area contributed by atoms with Crippen molar-refractivity contribution in [1.82, 2.24) is 5.32 Å². The zero-order valence-corrected chi connectivity index (χ0v) is 12.1. The van der Waals surface area contributed by atoms with Crippen molar-refractivity contribution >= 4 is 27.1 Å². The summed E-state index contributed by atoms with van der Waals surface area (Å²) in [7, 11) is -1.72. The summed E-state index contributed by atoms with van der Waals surface area (Å²) in [5.41, 5.74) is 6.87. The van der Waals surface area contributed by atoms with E-state index in [-0.39, 0.29) is 17.3 Å². The molecular weight excluding hydrogens is 266 g/mol. The summed E-state index contributed by atoms with van der Waals surface area (Å²) in [6.45, 7) is 2.66. The maximum absolute atomic E-state index is 11.4. The van der Waals surface area contributed by atoms with E-state index in [1.165, 1.54) is 12.1 Å². The normalized spacial score (nSPS) is 11.1. The number of likely N-dealkylation sites (N-methyl/N-ethyl adjacent to an activating group) is 2. The number of benzene rings is 1. The maximum atomic E-state index is 11.4. The van der Waals surface area contributed by atoms with Crippen LogP contribution in [0.4, 0.5) is 11.4 Å². The predicted molar refractivity (Wildman–Crippen MR) is 75.9 cm³/mol. The van der Waals surface area contributed by atoms with E-state index >= 15 is 0 Å². The Bertz CT molecular complexity index is 570. The predicted octanol–water partition coefficient (Wildman–Crippen LogP) is 0.245. The van der Waals surface area contributed by atoms with Crippen molar-refractivity contribution in [3.05, 3.63) is 18.2 Å². The fourth-order valence-corrected chi connectivity index (χ4v) is 2.33. The highest BCUT2D eigenvalue weighted by Gasteiger charge is 2.14. The lowest BCUT2D eigenvalue weighted by Gasteiger charge is -2.23. The Kier molecular flexibility index (Phi) is 4.77. The molecule has 0 aromatic heterocycles. The van der Waals surface area contributed by atoms with Gasteiger partial charge in [-0.1, -0.05) is 0 Å².